The van der Waals surface area contributed by atoms with Crippen molar-refractivity contribution in [2.75, 3.05) is 5.73 Å². The number of hydrogen-bond donors (Lipinski definition) is 1. The third kappa shape index (κ3) is 3.96. The predicted octanol–water partition coefficient (Wildman–Crippen LogP) is 4.68. The molecule has 21 heavy (non-hydrogen) atoms. The summed E-state index contributed by atoms with van der Waals surface area (Å²) in [5, 5.41) is 0. The number of nitrogen functional groups attached to an aromatic ring is 1. The predicted molar refractivity (Wildman–Crippen MR) is 89.3 cm³/mol. The Morgan fingerprint density at radius 1 is 0.952 bits per heavy atom. The van der Waals surface area contributed by atoms with E-state index < -0.39 is 0 Å². The molecule has 2 rings (SSSR count). The van der Waals surface area contributed by atoms with E-state index in [0.29, 0.717) is 17.2 Å². The second kappa shape index (κ2) is 5.58. The Labute approximate surface area is 129 Å². The molecule has 118 valence electrons. The number of aromatic nitrogens is 2. The Kier molecular flexibility index (Phi) is 4.32. The molecule has 0 bridgehead atoms. The van der Waals surface area contributed by atoms with Crippen molar-refractivity contribution in [1.82, 2.24) is 9.97 Å². The Morgan fingerprint density at radius 2 is 1.52 bits per heavy atom. The molecule has 0 amide bonds. The second-order valence-corrected chi connectivity index (χ2v) is 8.70. The number of rotatable bonds is 1. The topological polar surface area (TPSA) is 51.8 Å². The first-order valence-corrected chi connectivity index (χ1v) is 8.22. The summed E-state index contributed by atoms with van der Waals surface area (Å²) in [4.78, 5) is 9.35. The molecule has 0 saturated heterocycles. The molecule has 1 aromatic heterocycles. The fraction of sp³-hybridized carbons (Fsp3) is 0.778. The molecule has 1 aliphatic carbocycles. The zero-order chi connectivity index (χ0) is 15.8. The van der Waals surface area contributed by atoms with Gasteiger partial charge in [0.25, 0.3) is 0 Å². The van der Waals surface area contributed by atoms with E-state index in [-0.39, 0.29) is 5.41 Å². The molecular weight excluding hydrogens is 258 g/mol. The molecule has 0 spiro atoms. The lowest BCUT2D eigenvalue weighted by Gasteiger charge is -2.36. The van der Waals surface area contributed by atoms with Crippen molar-refractivity contribution in [3.05, 3.63) is 17.6 Å². The van der Waals surface area contributed by atoms with Gasteiger partial charge in [0.15, 0.2) is 0 Å². The van der Waals surface area contributed by atoms with Gasteiger partial charge in [-0.2, -0.15) is 0 Å². The Bertz CT molecular complexity index is 486. The van der Waals surface area contributed by atoms with Crippen molar-refractivity contribution in [2.45, 2.75) is 78.6 Å². The molecule has 1 aliphatic rings. The van der Waals surface area contributed by atoms with Gasteiger partial charge in [-0.3, -0.25) is 0 Å². The van der Waals surface area contributed by atoms with Gasteiger partial charge in [-0.25, -0.2) is 9.97 Å². The highest BCUT2D eigenvalue weighted by atomic mass is 15.0. The maximum atomic E-state index is 6.01. The molecule has 3 heteroatoms. The van der Waals surface area contributed by atoms with Crippen LogP contribution in [0.1, 0.15) is 84.7 Å². The number of hydrogen-bond acceptors (Lipinski definition) is 3. The molecule has 0 aliphatic heterocycles. The van der Waals surface area contributed by atoms with E-state index in [9.17, 15) is 0 Å². The highest BCUT2D eigenvalue weighted by molar-refractivity contribution is 5.33. The highest BCUT2D eigenvalue weighted by Gasteiger charge is 2.31. The van der Waals surface area contributed by atoms with Gasteiger partial charge < -0.3 is 5.73 Å². The smallest absolute Gasteiger partial charge is 0.134 e. The van der Waals surface area contributed by atoms with E-state index in [2.05, 4.69) is 46.5 Å². The Balaban J connectivity index is 2.16. The molecule has 1 heterocycles. The SMILES string of the molecule is CC(C)(C)c1cc(N)nc(C2CCC(C(C)(C)C)CC2)n1. The van der Waals surface area contributed by atoms with Crippen LogP contribution in [0, 0.1) is 11.3 Å². The fourth-order valence-corrected chi connectivity index (χ4v) is 3.27. The van der Waals surface area contributed by atoms with Crippen LogP contribution in [0.25, 0.3) is 0 Å². The van der Waals surface area contributed by atoms with Gasteiger partial charge in [-0.05, 0) is 37.0 Å². The fourth-order valence-electron chi connectivity index (χ4n) is 3.27. The van der Waals surface area contributed by atoms with E-state index >= 15 is 0 Å². The number of anilines is 1. The Morgan fingerprint density at radius 3 is 2.00 bits per heavy atom. The number of nitrogens with zero attached hydrogens (tertiary/aromatic N) is 2. The largest absolute Gasteiger partial charge is 0.384 e. The minimum atomic E-state index is 0.0222. The van der Waals surface area contributed by atoms with Crippen LogP contribution in [-0.4, -0.2) is 9.97 Å². The first-order valence-electron chi connectivity index (χ1n) is 8.22. The van der Waals surface area contributed by atoms with Crippen LogP contribution >= 0.6 is 0 Å². The average Bonchev–Trinajstić information content (AvgIpc) is 2.36. The summed E-state index contributed by atoms with van der Waals surface area (Å²) in [6.07, 6.45) is 4.93. The van der Waals surface area contributed by atoms with Crippen LogP contribution < -0.4 is 5.73 Å². The summed E-state index contributed by atoms with van der Waals surface area (Å²) in [6, 6.07) is 1.92. The highest BCUT2D eigenvalue weighted by Crippen LogP contribution is 2.42. The van der Waals surface area contributed by atoms with Gasteiger partial charge in [0.1, 0.15) is 11.6 Å². The van der Waals surface area contributed by atoms with Gasteiger partial charge in [0, 0.05) is 17.4 Å². The molecule has 0 radical (unpaired) electrons. The van der Waals surface area contributed by atoms with Crippen LogP contribution in [0.3, 0.4) is 0 Å². The normalized spacial score (nSPS) is 24.1. The summed E-state index contributed by atoms with van der Waals surface area (Å²) >= 11 is 0. The summed E-state index contributed by atoms with van der Waals surface area (Å²) in [7, 11) is 0. The second-order valence-electron chi connectivity index (χ2n) is 8.70. The van der Waals surface area contributed by atoms with Crippen LogP contribution in [0.2, 0.25) is 0 Å². The van der Waals surface area contributed by atoms with Crippen molar-refractivity contribution in [1.29, 1.82) is 0 Å². The average molecular weight is 289 g/mol. The Hall–Kier alpha value is -1.12. The zero-order valence-electron chi connectivity index (χ0n) is 14.5. The van der Waals surface area contributed by atoms with Gasteiger partial charge in [0.2, 0.25) is 0 Å². The van der Waals surface area contributed by atoms with E-state index in [1.54, 1.807) is 0 Å². The zero-order valence-corrected chi connectivity index (χ0v) is 14.5. The third-order valence-electron chi connectivity index (χ3n) is 4.85. The monoisotopic (exact) mass is 289 g/mol. The van der Waals surface area contributed by atoms with E-state index in [4.69, 9.17) is 10.7 Å². The minimum absolute atomic E-state index is 0.0222. The maximum Gasteiger partial charge on any atom is 0.134 e. The molecule has 1 saturated carbocycles. The van der Waals surface area contributed by atoms with Gasteiger partial charge in [0.05, 0.1) is 5.69 Å². The molecule has 1 fully saturated rings. The summed E-state index contributed by atoms with van der Waals surface area (Å²) in [5.41, 5.74) is 7.50. The van der Waals surface area contributed by atoms with Gasteiger partial charge >= 0.3 is 0 Å². The van der Waals surface area contributed by atoms with Crippen molar-refractivity contribution in [3.63, 3.8) is 0 Å². The molecule has 2 N–H and O–H groups in total. The van der Waals surface area contributed by atoms with E-state index in [1.807, 2.05) is 6.07 Å². The maximum absolute atomic E-state index is 6.01. The number of nitrogens with two attached hydrogens (primary N) is 1. The van der Waals surface area contributed by atoms with Gasteiger partial charge in [-0.1, -0.05) is 41.5 Å². The van der Waals surface area contributed by atoms with Crippen LogP contribution in [0.15, 0.2) is 6.07 Å². The van der Waals surface area contributed by atoms with Crippen LogP contribution in [0.5, 0.6) is 0 Å². The summed E-state index contributed by atoms with van der Waals surface area (Å²) < 4.78 is 0. The first-order chi connectivity index (χ1) is 9.57. The third-order valence-corrected chi connectivity index (χ3v) is 4.85. The lowest BCUT2D eigenvalue weighted by Crippen LogP contribution is -2.26. The summed E-state index contributed by atoms with van der Waals surface area (Å²) in [5.74, 6) is 2.88. The van der Waals surface area contributed by atoms with Crippen LogP contribution in [-0.2, 0) is 5.41 Å². The molecule has 1 aromatic rings. The van der Waals surface area contributed by atoms with E-state index in [1.165, 1.54) is 25.7 Å². The first kappa shape index (κ1) is 16.3. The van der Waals surface area contributed by atoms with E-state index in [0.717, 1.165) is 17.4 Å². The standard InChI is InChI=1S/C18H31N3/c1-17(2,3)13-9-7-12(8-10-13)16-20-14(18(4,5)6)11-15(19)21-16/h11-13H,7-10H2,1-6H3,(H2,19,20,21). The molecule has 0 aromatic carbocycles. The lowest BCUT2D eigenvalue weighted by molar-refractivity contribution is 0.167. The molecule has 0 atom stereocenters. The molecular formula is C18H31N3. The quantitative estimate of drug-likeness (QED) is 0.817. The molecule has 0 unspecified atom stereocenters. The van der Waals surface area contributed by atoms with Gasteiger partial charge in [-0.15, -0.1) is 0 Å². The molecule has 3 nitrogen and oxygen atoms in total. The lowest BCUT2D eigenvalue weighted by atomic mass is 9.69. The van der Waals surface area contributed by atoms with Crippen molar-refractivity contribution in [2.24, 2.45) is 11.3 Å². The van der Waals surface area contributed by atoms with Crippen LogP contribution in [0.4, 0.5) is 5.82 Å². The summed E-state index contributed by atoms with van der Waals surface area (Å²) in [6.45, 7) is 13.6. The van der Waals surface area contributed by atoms with Crippen molar-refractivity contribution >= 4 is 5.82 Å². The van der Waals surface area contributed by atoms with Crippen molar-refractivity contribution < 1.29 is 0 Å². The minimum Gasteiger partial charge on any atom is -0.384 e. The van der Waals surface area contributed by atoms with Crippen molar-refractivity contribution in [3.8, 4) is 0 Å².